The minimum atomic E-state index is -4.33. The largest absolute Gasteiger partial charge is 0.397 e. The molecule has 21 heavy (non-hydrogen) atoms. The third kappa shape index (κ3) is 15.8. The average Bonchev–Trinajstić information content (AvgIpc) is 2.42. The summed E-state index contributed by atoms with van der Waals surface area (Å²) in [6.45, 7) is 4.39. The van der Waals surface area contributed by atoms with Crippen LogP contribution < -0.4 is 0 Å². The summed E-state index contributed by atoms with van der Waals surface area (Å²) < 4.78 is 34.5. The van der Waals surface area contributed by atoms with Gasteiger partial charge in [-0.3, -0.25) is 4.55 Å². The molecule has 0 aliphatic heterocycles. The fourth-order valence-electron chi connectivity index (χ4n) is 2.22. The van der Waals surface area contributed by atoms with Gasteiger partial charge in [0.05, 0.1) is 6.61 Å². The molecule has 0 amide bonds. The van der Waals surface area contributed by atoms with Crippen LogP contribution in [0.3, 0.4) is 0 Å². The van der Waals surface area contributed by atoms with E-state index in [1.165, 1.54) is 38.5 Å². The number of hydrogen-bond donors (Lipinski definition) is 1. The van der Waals surface area contributed by atoms with Crippen molar-refractivity contribution in [3.63, 3.8) is 0 Å². The molecule has 0 fully saturated rings. The second kappa shape index (κ2) is 13.3. The van der Waals surface area contributed by atoms with Gasteiger partial charge in [0.25, 0.3) is 0 Å². The molecule has 1 unspecified atom stereocenters. The van der Waals surface area contributed by atoms with Crippen molar-refractivity contribution < 1.29 is 17.2 Å². The van der Waals surface area contributed by atoms with E-state index >= 15 is 0 Å². The Morgan fingerprint density at radius 1 is 1.00 bits per heavy atom. The van der Waals surface area contributed by atoms with Gasteiger partial charge in [-0.25, -0.2) is 4.18 Å². The Balaban J connectivity index is 4.07. The number of allylic oxidation sites excluding steroid dienone is 1. The maximum atomic E-state index is 10.7. The van der Waals surface area contributed by atoms with Gasteiger partial charge in [0, 0.05) is 5.92 Å². The van der Waals surface area contributed by atoms with Gasteiger partial charge in [0.2, 0.25) is 0 Å². The molecule has 0 aliphatic rings. The molecule has 0 radical (unpaired) electrons. The van der Waals surface area contributed by atoms with Gasteiger partial charge in [-0.15, -0.1) is 0 Å². The lowest BCUT2D eigenvalue weighted by Gasteiger charge is -2.11. The smallest absolute Gasteiger partial charge is 0.264 e. The molecule has 0 aliphatic carbocycles. The van der Waals surface area contributed by atoms with E-state index in [0.29, 0.717) is 0 Å². The van der Waals surface area contributed by atoms with Gasteiger partial charge in [-0.05, 0) is 19.3 Å². The molecule has 126 valence electrons. The summed E-state index contributed by atoms with van der Waals surface area (Å²) in [7, 11) is -4.33. The van der Waals surface area contributed by atoms with E-state index in [-0.39, 0.29) is 12.5 Å². The molecular formula is C16H32O4S. The maximum absolute atomic E-state index is 10.7. The highest BCUT2D eigenvalue weighted by atomic mass is 32.3. The fraction of sp³-hybridized carbons (Fsp3) is 0.875. The Morgan fingerprint density at radius 3 is 2.19 bits per heavy atom. The zero-order valence-corrected chi connectivity index (χ0v) is 14.4. The van der Waals surface area contributed by atoms with Crippen molar-refractivity contribution in [2.45, 2.75) is 78.1 Å². The van der Waals surface area contributed by atoms with E-state index in [1.54, 1.807) is 0 Å². The van der Waals surface area contributed by atoms with Gasteiger partial charge in [0.1, 0.15) is 0 Å². The van der Waals surface area contributed by atoms with Gasteiger partial charge < -0.3 is 0 Å². The Bertz CT molecular complexity index is 349. The van der Waals surface area contributed by atoms with Crippen LogP contribution in [-0.2, 0) is 14.6 Å². The summed E-state index contributed by atoms with van der Waals surface area (Å²) in [5, 5.41) is 0. The lowest BCUT2D eigenvalue weighted by Crippen LogP contribution is -2.12. The highest BCUT2D eigenvalue weighted by Gasteiger charge is 2.11. The molecule has 0 spiro atoms. The molecule has 0 saturated heterocycles. The van der Waals surface area contributed by atoms with E-state index in [0.717, 1.165) is 25.7 Å². The molecule has 0 bridgehead atoms. The van der Waals surface area contributed by atoms with Crippen molar-refractivity contribution in [3.8, 4) is 0 Å². The quantitative estimate of drug-likeness (QED) is 0.280. The van der Waals surface area contributed by atoms with Gasteiger partial charge in [-0.2, -0.15) is 8.42 Å². The minimum absolute atomic E-state index is 0.0381. The Morgan fingerprint density at radius 2 is 1.62 bits per heavy atom. The number of hydrogen-bond acceptors (Lipinski definition) is 3. The van der Waals surface area contributed by atoms with Crippen molar-refractivity contribution in [3.05, 3.63) is 12.2 Å². The number of unbranched alkanes of at least 4 members (excludes halogenated alkanes) is 7. The predicted molar refractivity (Wildman–Crippen MR) is 87.6 cm³/mol. The summed E-state index contributed by atoms with van der Waals surface area (Å²) in [4.78, 5) is 0. The summed E-state index contributed by atoms with van der Waals surface area (Å²) in [5.41, 5.74) is 0. The van der Waals surface area contributed by atoms with E-state index in [1.807, 2.05) is 6.08 Å². The molecule has 1 N–H and O–H groups in total. The van der Waals surface area contributed by atoms with Crippen LogP contribution in [0.25, 0.3) is 0 Å². The summed E-state index contributed by atoms with van der Waals surface area (Å²) in [6, 6.07) is 0. The highest BCUT2D eigenvalue weighted by Crippen LogP contribution is 2.15. The Kier molecular flexibility index (Phi) is 13.0. The normalized spacial score (nSPS) is 13.9. The molecule has 0 aromatic heterocycles. The zero-order chi connectivity index (χ0) is 16.0. The highest BCUT2D eigenvalue weighted by molar-refractivity contribution is 7.80. The molecule has 0 aromatic carbocycles. The van der Waals surface area contributed by atoms with Crippen LogP contribution in [0.5, 0.6) is 0 Å². The first-order chi connectivity index (χ1) is 9.99. The molecular weight excluding hydrogens is 288 g/mol. The lowest BCUT2D eigenvalue weighted by atomic mass is 10.0. The van der Waals surface area contributed by atoms with Crippen molar-refractivity contribution in [1.29, 1.82) is 0 Å². The SMILES string of the molecule is CCCCCC/C=C/C(CCCCCC)COS(=O)(=O)O. The summed E-state index contributed by atoms with van der Waals surface area (Å²) in [6.07, 6.45) is 15.6. The molecule has 0 aromatic rings. The third-order valence-electron chi connectivity index (χ3n) is 3.49. The third-order valence-corrected chi connectivity index (χ3v) is 3.93. The maximum Gasteiger partial charge on any atom is 0.397 e. The minimum Gasteiger partial charge on any atom is -0.264 e. The monoisotopic (exact) mass is 320 g/mol. The molecule has 0 saturated carbocycles. The molecule has 1 atom stereocenters. The second-order valence-electron chi connectivity index (χ2n) is 5.60. The van der Waals surface area contributed by atoms with Crippen molar-refractivity contribution in [1.82, 2.24) is 0 Å². The topological polar surface area (TPSA) is 63.6 Å². The predicted octanol–water partition coefficient (Wildman–Crippen LogP) is 4.92. The zero-order valence-electron chi connectivity index (χ0n) is 13.6. The molecule has 0 heterocycles. The molecule has 4 nitrogen and oxygen atoms in total. The lowest BCUT2D eigenvalue weighted by molar-refractivity contribution is 0.234. The molecule has 5 heteroatoms. The van der Waals surface area contributed by atoms with Crippen molar-refractivity contribution >= 4 is 10.4 Å². The van der Waals surface area contributed by atoms with Crippen LogP contribution in [0.4, 0.5) is 0 Å². The standard InChI is InChI=1S/C16H32O4S/c1-3-5-7-9-10-12-14-16(13-11-8-6-4-2)15-20-21(17,18)19/h12,14,16H,3-11,13,15H2,1-2H3,(H,17,18,19)/b14-12+. The van der Waals surface area contributed by atoms with Crippen LogP contribution in [-0.4, -0.2) is 19.6 Å². The number of rotatable bonds is 14. The Hall–Kier alpha value is -0.390. The molecule has 0 rings (SSSR count). The summed E-state index contributed by atoms with van der Waals surface area (Å²) in [5.74, 6) is 0.0648. The average molecular weight is 320 g/mol. The first kappa shape index (κ1) is 20.6. The van der Waals surface area contributed by atoms with Gasteiger partial charge in [-0.1, -0.05) is 70.9 Å². The van der Waals surface area contributed by atoms with Crippen molar-refractivity contribution in [2.24, 2.45) is 5.92 Å². The first-order valence-corrected chi connectivity index (χ1v) is 9.64. The Labute approximate surface area is 130 Å². The van der Waals surface area contributed by atoms with Crippen molar-refractivity contribution in [2.75, 3.05) is 6.61 Å². The van der Waals surface area contributed by atoms with Crippen LogP contribution >= 0.6 is 0 Å². The van der Waals surface area contributed by atoms with E-state index < -0.39 is 10.4 Å². The fourth-order valence-corrected chi connectivity index (χ4v) is 2.57. The van der Waals surface area contributed by atoms with Gasteiger partial charge in [0.15, 0.2) is 0 Å². The van der Waals surface area contributed by atoms with Crippen LogP contribution in [0.2, 0.25) is 0 Å². The second-order valence-corrected chi connectivity index (χ2v) is 6.69. The first-order valence-electron chi connectivity index (χ1n) is 8.28. The van der Waals surface area contributed by atoms with E-state index in [2.05, 4.69) is 24.1 Å². The van der Waals surface area contributed by atoms with E-state index in [4.69, 9.17) is 4.55 Å². The van der Waals surface area contributed by atoms with Crippen LogP contribution in [0.1, 0.15) is 78.1 Å². The summed E-state index contributed by atoms with van der Waals surface area (Å²) >= 11 is 0. The van der Waals surface area contributed by atoms with Crippen LogP contribution in [0.15, 0.2) is 12.2 Å². The van der Waals surface area contributed by atoms with Gasteiger partial charge >= 0.3 is 10.4 Å². The van der Waals surface area contributed by atoms with Crippen LogP contribution in [0, 0.1) is 5.92 Å². The van der Waals surface area contributed by atoms with E-state index in [9.17, 15) is 8.42 Å².